The minimum absolute atomic E-state index is 0. The van der Waals surface area contributed by atoms with Crippen LogP contribution in [-0.4, -0.2) is 11.4 Å². The van der Waals surface area contributed by atoms with Crippen LogP contribution in [0.4, 0.5) is 11.4 Å². The van der Waals surface area contributed by atoms with Crippen LogP contribution in [0.25, 0.3) is 0 Å². The molecule has 0 spiro atoms. The van der Waals surface area contributed by atoms with Crippen LogP contribution < -0.4 is 0 Å². The summed E-state index contributed by atoms with van der Waals surface area (Å²) >= 11 is 0. The molecule has 0 amide bonds. The van der Waals surface area contributed by atoms with Gasteiger partial charge in [-0.2, -0.15) is 0 Å². The summed E-state index contributed by atoms with van der Waals surface area (Å²) in [5.74, 6) is 0. The summed E-state index contributed by atoms with van der Waals surface area (Å²) in [6.07, 6.45) is 41.6. The zero-order valence-electron chi connectivity index (χ0n) is 33.5. The van der Waals surface area contributed by atoms with Crippen LogP contribution in [-0.2, 0) is 29.3 Å². The molecule has 0 aromatic heterocycles. The third-order valence-corrected chi connectivity index (χ3v) is 9.78. The van der Waals surface area contributed by atoms with Gasteiger partial charge >= 0.3 is 0 Å². The predicted molar refractivity (Wildman–Crippen MR) is 226 cm³/mol. The average Bonchev–Trinajstić information content (AvgIpc) is 3.14. The van der Waals surface area contributed by atoms with E-state index < -0.39 is 0 Å². The van der Waals surface area contributed by atoms with Crippen LogP contribution in [0.2, 0.25) is 0 Å². The van der Waals surface area contributed by atoms with Gasteiger partial charge in [-0.05, 0) is 113 Å². The van der Waals surface area contributed by atoms with Crippen LogP contribution in [0, 0.1) is 0 Å². The first kappa shape index (κ1) is 46.8. The van der Waals surface area contributed by atoms with E-state index in [9.17, 15) is 0 Å². The van der Waals surface area contributed by atoms with Crippen molar-refractivity contribution >= 4 is 22.8 Å². The van der Waals surface area contributed by atoms with Crippen LogP contribution in [0.15, 0.2) is 82.8 Å². The molecule has 0 radical (unpaired) electrons. The molecule has 0 aliphatic carbocycles. The first-order chi connectivity index (χ1) is 24.7. The number of allylic oxidation sites excluding steroid dienone is 4. The Morgan fingerprint density at radius 2 is 0.765 bits per heavy atom. The zero-order chi connectivity index (χ0) is 35.7. The van der Waals surface area contributed by atoms with E-state index >= 15 is 0 Å². The first-order valence-electron chi connectivity index (χ1n) is 21.3. The molecule has 288 valence electrons. The Bertz CT molecular complexity index is 1220. The fourth-order valence-electron chi connectivity index (χ4n) is 6.57. The number of hydrogen-bond acceptors (Lipinski definition) is 2. The van der Waals surface area contributed by atoms with Gasteiger partial charge in [-0.3, -0.25) is 9.98 Å². The van der Waals surface area contributed by atoms with Crippen molar-refractivity contribution in [2.45, 2.75) is 195 Å². The fraction of sp³-hybridized carbons (Fsp3) is 0.625. The van der Waals surface area contributed by atoms with E-state index in [2.05, 4.69) is 101 Å². The van der Waals surface area contributed by atoms with Crippen LogP contribution in [0.5, 0.6) is 0 Å². The molecule has 0 unspecified atom stereocenters. The van der Waals surface area contributed by atoms with E-state index in [1.165, 1.54) is 145 Å². The fourth-order valence-corrected chi connectivity index (χ4v) is 6.57. The van der Waals surface area contributed by atoms with Crippen molar-refractivity contribution < 1.29 is 16.5 Å². The maximum atomic E-state index is 5.51. The molecule has 2 aromatic carbocycles. The van der Waals surface area contributed by atoms with Crippen LogP contribution >= 0.6 is 0 Å². The van der Waals surface area contributed by atoms with E-state index in [0.29, 0.717) is 0 Å². The maximum Gasteiger partial charge on any atom is 0.0665 e. The summed E-state index contributed by atoms with van der Waals surface area (Å²) < 4.78 is 0. The molecule has 2 rings (SSSR count). The van der Waals surface area contributed by atoms with Crippen molar-refractivity contribution in [2.24, 2.45) is 9.98 Å². The number of aliphatic imine (C=N–C) groups is 2. The second-order valence-corrected chi connectivity index (χ2v) is 14.4. The molecule has 0 N–H and O–H groups in total. The van der Waals surface area contributed by atoms with E-state index in [0.717, 1.165) is 56.3 Å². The number of hydrogen-bond donors (Lipinski definition) is 0. The summed E-state index contributed by atoms with van der Waals surface area (Å²) in [4.78, 5) is 11.0. The second kappa shape index (κ2) is 33.6. The molecule has 0 saturated heterocycles. The van der Waals surface area contributed by atoms with Gasteiger partial charge in [0.25, 0.3) is 0 Å². The molecule has 51 heavy (non-hydrogen) atoms. The molecule has 0 bridgehead atoms. The quantitative estimate of drug-likeness (QED) is 0.0318. The molecule has 0 saturated carbocycles. The molecule has 0 atom stereocenters. The third-order valence-electron chi connectivity index (χ3n) is 9.78. The van der Waals surface area contributed by atoms with Crippen LogP contribution in [0.1, 0.15) is 193 Å². The Morgan fingerprint density at radius 1 is 0.412 bits per heavy atom. The molecule has 3 heteroatoms. The summed E-state index contributed by atoms with van der Waals surface area (Å²) in [5, 5.41) is 0. The van der Waals surface area contributed by atoms with Gasteiger partial charge in [0.1, 0.15) is 0 Å². The summed E-state index contributed by atoms with van der Waals surface area (Å²) in [6.45, 7) is 9.16. The van der Waals surface area contributed by atoms with Gasteiger partial charge in [0.2, 0.25) is 0 Å². The molecule has 0 aliphatic rings. The Kier molecular flexibility index (Phi) is 30.8. The molecule has 0 heterocycles. The average molecular weight is 740 g/mol. The SMILES string of the molecule is CCCCCC/C=C/CCCc1ccccc1/N=C(CCCC)\C(CCCCCCCC)=N\c1ccccc1CCC/C=C/CCCCCC.[Ni]. The van der Waals surface area contributed by atoms with Gasteiger partial charge in [0, 0.05) is 16.5 Å². The number of nitrogens with zero attached hydrogens (tertiary/aromatic N) is 2. The molecule has 0 aliphatic heterocycles. The van der Waals surface area contributed by atoms with E-state index in [1.54, 1.807) is 0 Å². The Morgan fingerprint density at radius 3 is 1.22 bits per heavy atom. The number of benzene rings is 2. The second-order valence-electron chi connectivity index (χ2n) is 14.4. The monoisotopic (exact) mass is 739 g/mol. The molecule has 0 fully saturated rings. The molecular weight excluding hydrogens is 663 g/mol. The minimum atomic E-state index is 0. The number of unbranched alkanes of at least 4 members (excludes halogenated alkanes) is 16. The Labute approximate surface area is 326 Å². The molecule has 2 nitrogen and oxygen atoms in total. The number of para-hydroxylation sites is 2. The van der Waals surface area contributed by atoms with Crippen molar-refractivity contribution in [3.63, 3.8) is 0 Å². The van der Waals surface area contributed by atoms with Crippen molar-refractivity contribution in [3.8, 4) is 0 Å². The zero-order valence-corrected chi connectivity index (χ0v) is 34.5. The summed E-state index contributed by atoms with van der Waals surface area (Å²) in [6, 6.07) is 17.8. The maximum absolute atomic E-state index is 5.51. The first-order valence-corrected chi connectivity index (χ1v) is 21.3. The minimum Gasteiger partial charge on any atom is -0.251 e. The molecule has 2 aromatic rings. The van der Waals surface area contributed by atoms with Crippen molar-refractivity contribution in [1.29, 1.82) is 0 Å². The van der Waals surface area contributed by atoms with E-state index in [-0.39, 0.29) is 16.5 Å². The van der Waals surface area contributed by atoms with Gasteiger partial charge in [0.05, 0.1) is 22.8 Å². The van der Waals surface area contributed by atoms with E-state index in [1.807, 2.05) is 0 Å². The predicted octanol–water partition coefficient (Wildman–Crippen LogP) is 16.2. The number of aryl methyl sites for hydroxylation is 2. The van der Waals surface area contributed by atoms with Crippen molar-refractivity contribution in [2.75, 3.05) is 0 Å². The van der Waals surface area contributed by atoms with Gasteiger partial charge < -0.3 is 0 Å². The standard InChI is InChI=1S/C48H76N2.Ni/c1-5-9-13-16-19-21-23-25-28-35-43-37-31-33-40-45(43)49-47(39-12-8-4)48(42-30-27-18-15-11-7-3)50-46-41-34-32-38-44(46)36-29-26-24-22-20-17-14-10-6-2;/h21-24,31-34,37-38,40-41H,5-20,25-30,35-36,39,42H2,1-4H3;/b23-21+,24-22+,49-47-,50-48+;. The molecular formula is C48H76N2Ni. The summed E-state index contributed by atoms with van der Waals surface area (Å²) in [7, 11) is 0. The Hall–Kier alpha value is -2.25. The van der Waals surface area contributed by atoms with Gasteiger partial charge in [-0.1, -0.05) is 165 Å². The van der Waals surface area contributed by atoms with E-state index in [4.69, 9.17) is 9.98 Å². The normalized spacial score (nSPS) is 12.3. The largest absolute Gasteiger partial charge is 0.251 e. The Balaban J connectivity index is 0.0000130. The van der Waals surface area contributed by atoms with Gasteiger partial charge in [-0.15, -0.1) is 0 Å². The van der Waals surface area contributed by atoms with Gasteiger partial charge in [-0.25, -0.2) is 0 Å². The van der Waals surface area contributed by atoms with Gasteiger partial charge in [0.15, 0.2) is 0 Å². The number of rotatable bonds is 31. The topological polar surface area (TPSA) is 24.7 Å². The van der Waals surface area contributed by atoms with Crippen molar-refractivity contribution in [3.05, 3.63) is 84.0 Å². The van der Waals surface area contributed by atoms with Crippen molar-refractivity contribution in [1.82, 2.24) is 0 Å². The van der Waals surface area contributed by atoms with Crippen LogP contribution in [0.3, 0.4) is 0 Å². The smallest absolute Gasteiger partial charge is 0.0665 e. The summed E-state index contributed by atoms with van der Waals surface area (Å²) in [5.41, 5.74) is 7.46. The third kappa shape index (κ3) is 23.1.